The number of hydrogen-bond acceptors (Lipinski definition) is 6. The Balaban J connectivity index is 2.23. The van der Waals surface area contributed by atoms with Crippen molar-refractivity contribution in [2.24, 2.45) is 5.92 Å². The van der Waals surface area contributed by atoms with Crippen LogP contribution in [0.4, 0.5) is 0 Å². The topological polar surface area (TPSA) is 76.1 Å². The smallest absolute Gasteiger partial charge is 0.323 e. The first kappa shape index (κ1) is 16.2. The molecule has 2 rings (SSSR count). The number of carbonyl (C=O) groups is 2. The molecule has 120 valence electrons. The van der Waals surface area contributed by atoms with E-state index in [1.165, 1.54) is 0 Å². The highest BCUT2D eigenvalue weighted by atomic mass is 16.6. The highest BCUT2D eigenvalue weighted by molar-refractivity contribution is 5.96. The largest absolute Gasteiger partial charge is 0.465 e. The van der Waals surface area contributed by atoms with Gasteiger partial charge in [0, 0.05) is 12.1 Å². The Morgan fingerprint density at radius 1 is 1.14 bits per heavy atom. The molecule has 0 spiro atoms. The van der Waals surface area contributed by atoms with Crippen LogP contribution in [0.15, 0.2) is 0 Å². The SMILES string of the molecule is CCOC(=O)C(C(=O)OCC)C1(O)CC2CCC(C1)N2C. The third-order valence-electron chi connectivity index (χ3n) is 4.75. The van der Waals surface area contributed by atoms with Crippen molar-refractivity contribution in [1.29, 1.82) is 0 Å². The molecule has 0 aromatic heterocycles. The van der Waals surface area contributed by atoms with Crippen molar-refractivity contribution in [3.63, 3.8) is 0 Å². The Morgan fingerprint density at radius 3 is 1.95 bits per heavy atom. The minimum absolute atomic E-state index is 0.178. The fourth-order valence-corrected chi connectivity index (χ4v) is 3.70. The second-order valence-corrected chi connectivity index (χ2v) is 6.00. The van der Waals surface area contributed by atoms with Crippen LogP contribution in [-0.4, -0.2) is 59.9 Å². The highest BCUT2D eigenvalue weighted by Gasteiger charge is 2.55. The summed E-state index contributed by atoms with van der Waals surface area (Å²) < 4.78 is 9.99. The minimum atomic E-state index is -1.36. The van der Waals surface area contributed by atoms with Crippen LogP contribution >= 0.6 is 0 Å². The molecule has 0 aromatic rings. The van der Waals surface area contributed by atoms with Crippen LogP contribution in [0.1, 0.15) is 39.5 Å². The number of piperidine rings is 1. The molecule has 2 bridgehead atoms. The number of carbonyl (C=O) groups excluding carboxylic acids is 2. The summed E-state index contributed by atoms with van der Waals surface area (Å²) in [5.41, 5.74) is -1.36. The summed E-state index contributed by atoms with van der Waals surface area (Å²) in [6.45, 7) is 3.72. The van der Waals surface area contributed by atoms with Crippen molar-refractivity contribution in [2.45, 2.75) is 57.2 Å². The minimum Gasteiger partial charge on any atom is -0.465 e. The summed E-state index contributed by atoms with van der Waals surface area (Å²) in [6.07, 6.45) is 2.79. The monoisotopic (exact) mass is 299 g/mol. The van der Waals surface area contributed by atoms with E-state index in [1.807, 2.05) is 7.05 Å². The first-order valence-corrected chi connectivity index (χ1v) is 7.70. The molecule has 2 heterocycles. The van der Waals surface area contributed by atoms with E-state index in [4.69, 9.17) is 9.47 Å². The van der Waals surface area contributed by atoms with Crippen LogP contribution in [0.5, 0.6) is 0 Å². The summed E-state index contributed by atoms with van der Waals surface area (Å²) >= 11 is 0. The molecule has 0 saturated carbocycles. The molecule has 2 atom stereocenters. The fraction of sp³-hybridized carbons (Fsp3) is 0.867. The van der Waals surface area contributed by atoms with Crippen LogP contribution in [0.2, 0.25) is 0 Å². The molecule has 2 aliphatic rings. The summed E-state index contributed by atoms with van der Waals surface area (Å²) in [4.78, 5) is 26.6. The maximum atomic E-state index is 12.2. The van der Waals surface area contributed by atoms with Crippen molar-refractivity contribution in [2.75, 3.05) is 20.3 Å². The zero-order valence-corrected chi connectivity index (χ0v) is 13.0. The fourth-order valence-electron chi connectivity index (χ4n) is 3.70. The number of fused-ring (bicyclic) bond motifs is 2. The number of hydrogen-bond donors (Lipinski definition) is 1. The molecule has 6 heteroatoms. The molecule has 0 amide bonds. The average Bonchev–Trinajstić information content (AvgIpc) is 2.62. The van der Waals surface area contributed by atoms with Crippen LogP contribution in [0.3, 0.4) is 0 Å². The second kappa shape index (κ2) is 6.32. The molecule has 0 aliphatic carbocycles. The van der Waals surface area contributed by atoms with E-state index in [-0.39, 0.29) is 25.3 Å². The lowest BCUT2D eigenvalue weighted by Gasteiger charge is -2.44. The zero-order valence-electron chi connectivity index (χ0n) is 13.0. The maximum absolute atomic E-state index is 12.2. The molecule has 2 fully saturated rings. The Bertz CT molecular complexity index is 379. The molecule has 0 radical (unpaired) electrons. The standard InChI is InChI=1S/C15H25NO5/c1-4-20-13(17)12(14(18)21-5-2)15(19)8-10-6-7-11(9-15)16(10)3/h10-12,19H,4-9H2,1-3H3. The van der Waals surface area contributed by atoms with E-state index in [0.717, 1.165) is 12.8 Å². The Labute approximate surface area is 125 Å². The molecule has 6 nitrogen and oxygen atoms in total. The van der Waals surface area contributed by atoms with Gasteiger partial charge < -0.3 is 19.5 Å². The maximum Gasteiger partial charge on any atom is 0.323 e. The van der Waals surface area contributed by atoms with Gasteiger partial charge in [-0.2, -0.15) is 0 Å². The summed E-state index contributed by atoms with van der Waals surface area (Å²) in [5, 5.41) is 11.0. The molecule has 2 saturated heterocycles. The van der Waals surface area contributed by atoms with E-state index in [0.29, 0.717) is 12.8 Å². The van der Waals surface area contributed by atoms with Crippen molar-refractivity contribution < 1.29 is 24.2 Å². The average molecular weight is 299 g/mol. The van der Waals surface area contributed by atoms with Crippen LogP contribution in [0, 0.1) is 5.92 Å². The van der Waals surface area contributed by atoms with Gasteiger partial charge in [-0.15, -0.1) is 0 Å². The number of rotatable bonds is 5. The van der Waals surface area contributed by atoms with Crippen molar-refractivity contribution in [3.05, 3.63) is 0 Å². The lowest BCUT2D eigenvalue weighted by molar-refractivity contribution is -0.180. The van der Waals surface area contributed by atoms with E-state index >= 15 is 0 Å². The third kappa shape index (κ3) is 3.06. The number of nitrogens with zero attached hydrogens (tertiary/aromatic N) is 1. The summed E-state index contributed by atoms with van der Waals surface area (Å²) in [7, 11) is 2.03. The predicted octanol–water partition coefficient (Wildman–Crippen LogP) is 0.716. The highest BCUT2D eigenvalue weighted by Crippen LogP contribution is 2.43. The van der Waals surface area contributed by atoms with Gasteiger partial charge in [-0.25, -0.2) is 0 Å². The van der Waals surface area contributed by atoms with Gasteiger partial charge >= 0.3 is 11.9 Å². The van der Waals surface area contributed by atoms with Gasteiger partial charge in [0.1, 0.15) is 0 Å². The quantitative estimate of drug-likeness (QED) is 0.595. The second-order valence-electron chi connectivity index (χ2n) is 6.00. The number of ether oxygens (including phenoxy) is 2. The Hall–Kier alpha value is -1.14. The van der Waals surface area contributed by atoms with Gasteiger partial charge in [0.2, 0.25) is 0 Å². The third-order valence-corrected chi connectivity index (χ3v) is 4.75. The molecule has 1 N–H and O–H groups in total. The van der Waals surface area contributed by atoms with Gasteiger partial charge in [0.05, 0.1) is 18.8 Å². The molecule has 2 aliphatic heterocycles. The predicted molar refractivity (Wildman–Crippen MR) is 75.5 cm³/mol. The van der Waals surface area contributed by atoms with Gasteiger partial charge in [-0.1, -0.05) is 0 Å². The zero-order chi connectivity index (χ0) is 15.6. The Morgan fingerprint density at radius 2 is 1.57 bits per heavy atom. The molecule has 0 aromatic carbocycles. The normalized spacial score (nSPS) is 32.2. The van der Waals surface area contributed by atoms with E-state index in [1.54, 1.807) is 13.8 Å². The van der Waals surface area contributed by atoms with Gasteiger partial charge in [-0.3, -0.25) is 9.59 Å². The Kier molecular flexibility index (Phi) is 4.88. The van der Waals surface area contributed by atoms with Gasteiger partial charge in [-0.05, 0) is 46.6 Å². The first-order valence-electron chi connectivity index (χ1n) is 7.70. The van der Waals surface area contributed by atoms with Gasteiger partial charge in [0.15, 0.2) is 5.92 Å². The van der Waals surface area contributed by atoms with Crippen molar-refractivity contribution >= 4 is 11.9 Å². The summed E-state index contributed by atoms with van der Waals surface area (Å²) in [5.74, 6) is -2.60. The molecular formula is C15H25NO5. The van der Waals surface area contributed by atoms with Crippen molar-refractivity contribution in [3.8, 4) is 0 Å². The van der Waals surface area contributed by atoms with Crippen LogP contribution in [-0.2, 0) is 19.1 Å². The number of aliphatic hydroxyl groups is 1. The van der Waals surface area contributed by atoms with Crippen LogP contribution < -0.4 is 0 Å². The molecule has 2 unspecified atom stereocenters. The van der Waals surface area contributed by atoms with Crippen molar-refractivity contribution in [1.82, 2.24) is 4.90 Å². The summed E-state index contributed by atoms with van der Waals surface area (Å²) in [6, 6.07) is 0.417. The van der Waals surface area contributed by atoms with Gasteiger partial charge in [0.25, 0.3) is 0 Å². The van der Waals surface area contributed by atoms with E-state index in [2.05, 4.69) is 4.90 Å². The van der Waals surface area contributed by atoms with Crippen LogP contribution in [0.25, 0.3) is 0 Å². The van der Waals surface area contributed by atoms with E-state index in [9.17, 15) is 14.7 Å². The van der Waals surface area contributed by atoms with E-state index < -0.39 is 23.5 Å². The lowest BCUT2D eigenvalue weighted by atomic mass is 9.76. The number of esters is 2. The molecule has 21 heavy (non-hydrogen) atoms. The lowest BCUT2D eigenvalue weighted by Crippen LogP contribution is -2.57. The first-order chi connectivity index (χ1) is 9.92. The molecular weight excluding hydrogens is 274 g/mol.